The molecular weight excluding hydrogens is 250 g/mol. The van der Waals surface area contributed by atoms with Crippen molar-refractivity contribution in [1.82, 2.24) is 19.5 Å². The molecule has 19 heavy (non-hydrogen) atoms. The van der Waals surface area contributed by atoms with Crippen LogP contribution in [0.5, 0.6) is 0 Å². The van der Waals surface area contributed by atoms with Gasteiger partial charge in [-0.2, -0.15) is 0 Å². The molecule has 8 heteroatoms. The summed E-state index contributed by atoms with van der Waals surface area (Å²) in [5.74, 6) is 0.278. The molecule has 0 radical (unpaired) electrons. The lowest BCUT2D eigenvalue weighted by Crippen LogP contribution is -2.31. The second-order valence-electron chi connectivity index (χ2n) is 4.94. The van der Waals surface area contributed by atoms with Gasteiger partial charge in [-0.15, -0.1) is 0 Å². The van der Waals surface area contributed by atoms with Crippen molar-refractivity contribution >= 4 is 17.0 Å². The van der Waals surface area contributed by atoms with Crippen molar-refractivity contribution < 1.29 is 14.9 Å². The molecule has 3 heterocycles. The molecule has 2 aromatic heterocycles. The van der Waals surface area contributed by atoms with Gasteiger partial charge in [0.2, 0.25) is 0 Å². The van der Waals surface area contributed by atoms with Crippen molar-refractivity contribution in [2.45, 2.75) is 31.3 Å². The molecule has 0 aliphatic carbocycles. The Morgan fingerprint density at radius 2 is 2.32 bits per heavy atom. The van der Waals surface area contributed by atoms with Crippen molar-refractivity contribution in [3.05, 3.63) is 12.7 Å². The van der Waals surface area contributed by atoms with Crippen LogP contribution in [0.1, 0.15) is 19.6 Å². The number of hydrogen-bond acceptors (Lipinski definition) is 7. The third kappa shape index (κ3) is 1.84. The highest BCUT2D eigenvalue weighted by molar-refractivity contribution is 5.81. The molecule has 2 aromatic rings. The number of aliphatic hydroxyl groups is 2. The number of ether oxygens (including phenoxy) is 1. The molecule has 1 saturated heterocycles. The zero-order valence-corrected chi connectivity index (χ0v) is 10.4. The highest BCUT2D eigenvalue weighted by atomic mass is 16.5. The van der Waals surface area contributed by atoms with E-state index >= 15 is 0 Å². The molecular formula is C11H15N5O3. The Balaban J connectivity index is 2.07. The summed E-state index contributed by atoms with van der Waals surface area (Å²) in [5.41, 5.74) is 5.57. The van der Waals surface area contributed by atoms with Gasteiger partial charge in [-0.25, -0.2) is 15.0 Å². The van der Waals surface area contributed by atoms with E-state index in [0.717, 1.165) is 0 Å². The molecule has 0 aromatic carbocycles. The molecule has 0 bridgehead atoms. The van der Waals surface area contributed by atoms with Crippen LogP contribution in [0.15, 0.2) is 12.7 Å². The van der Waals surface area contributed by atoms with Crippen LogP contribution < -0.4 is 5.73 Å². The Bertz CT molecular complexity index is 611. The standard InChI is InChI=1S/C11H15N5O3/c1-11(18)2-6(3-17)19-10(11)16-5-15-7-8(12)13-4-14-9(7)16/h4-6,10,17-18H,2-3H2,1H3,(H2,12,13,14)/t6-,10+,11+/m0/s1. The summed E-state index contributed by atoms with van der Waals surface area (Å²) in [6, 6.07) is 0. The summed E-state index contributed by atoms with van der Waals surface area (Å²) in [5, 5.41) is 19.6. The number of imidazole rings is 1. The quantitative estimate of drug-likeness (QED) is 0.665. The summed E-state index contributed by atoms with van der Waals surface area (Å²) >= 11 is 0. The largest absolute Gasteiger partial charge is 0.394 e. The SMILES string of the molecule is C[C@@]1(O)C[C@@H](CO)O[C@H]1n1cnc2c(N)ncnc21. The zero-order chi connectivity index (χ0) is 13.6. The molecule has 0 amide bonds. The summed E-state index contributed by atoms with van der Waals surface area (Å²) in [4.78, 5) is 12.1. The Hall–Kier alpha value is -1.77. The molecule has 4 N–H and O–H groups in total. The molecule has 0 spiro atoms. The molecule has 1 aliphatic rings. The average molecular weight is 265 g/mol. The number of nitrogens with zero attached hydrogens (tertiary/aromatic N) is 4. The molecule has 1 aliphatic heterocycles. The van der Waals surface area contributed by atoms with E-state index in [9.17, 15) is 5.11 Å². The molecule has 3 atom stereocenters. The van der Waals surface area contributed by atoms with Crippen molar-refractivity contribution in [2.75, 3.05) is 12.3 Å². The topological polar surface area (TPSA) is 119 Å². The number of fused-ring (bicyclic) bond motifs is 1. The maximum absolute atomic E-state index is 10.4. The van der Waals surface area contributed by atoms with Gasteiger partial charge >= 0.3 is 0 Å². The number of nitrogens with two attached hydrogens (primary N) is 1. The minimum absolute atomic E-state index is 0.142. The first-order valence-corrected chi connectivity index (χ1v) is 5.94. The first-order chi connectivity index (χ1) is 9.03. The van der Waals surface area contributed by atoms with Crippen LogP contribution in [-0.2, 0) is 4.74 Å². The number of rotatable bonds is 2. The van der Waals surface area contributed by atoms with Gasteiger partial charge in [0.25, 0.3) is 0 Å². The van der Waals surface area contributed by atoms with Gasteiger partial charge in [0, 0.05) is 6.42 Å². The van der Waals surface area contributed by atoms with Gasteiger partial charge in [0.1, 0.15) is 17.4 Å². The molecule has 3 rings (SSSR count). The first-order valence-electron chi connectivity index (χ1n) is 5.94. The van der Waals surface area contributed by atoms with Crippen LogP contribution in [0.25, 0.3) is 11.2 Å². The predicted octanol–water partition coefficient (Wildman–Crippen LogP) is -0.561. The Morgan fingerprint density at radius 3 is 3.00 bits per heavy atom. The maximum Gasteiger partial charge on any atom is 0.167 e. The highest BCUT2D eigenvalue weighted by Crippen LogP contribution is 2.38. The van der Waals surface area contributed by atoms with Gasteiger partial charge in [-0.05, 0) is 6.92 Å². The summed E-state index contributed by atoms with van der Waals surface area (Å²) < 4.78 is 7.25. The van der Waals surface area contributed by atoms with E-state index in [2.05, 4.69) is 15.0 Å². The predicted molar refractivity (Wildman–Crippen MR) is 66.0 cm³/mol. The van der Waals surface area contributed by atoms with E-state index < -0.39 is 17.9 Å². The number of nitrogen functional groups attached to an aromatic ring is 1. The fourth-order valence-corrected chi connectivity index (χ4v) is 2.45. The lowest BCUT2D eigenvalue weighted by molar-refractivity contribution is -0.0854. The Kier molecular flexibility index (Phi) is 2.66. The van der Waals surface area contributed by atoms with Gasteiger partial charge in [-0.3, -0.25) is 4.57 Å². The summed E-state index contributed by atoms with van der Waals surface area (Å²) in [6.45, 7) is 1.51. The van der Waals surface area contributed by atoms with Crippen molar-refractivity contribution in [1.29, 1.82) is 0 Å². The van der Waals surface area contributed by atoms with Crippen LogP contribution in [0, 0.1) is 0 Å². The molecule has 1 fully saturated rings. The number of aromatic nitrogens is 4. The monoisotopic (exact) mass is 265 g/mol. The fraction of sp³-hybridized carbons (Fsp3) is 0.545. The van der Waals surface area contributed by atoms with E-state index in [4.69, 9.17) is 15.6 Å². The number of anilines is 1. The minimum Gasteiger partial charge on any atom is -0.394 e. The van der Waals surface area contributed by atoms with Crippen molar-refractivity contribution in [3.63, 3.8) is 0 Å². The van der Waals surface area contributed by atoms with E-state index in [1.807, 2.05) is 0 Å². The van der Waals surface area contributed by atoms with Gasteiger partial charge in [0.05, 0.1) is 19.0 Å². The Morgan fingerprint density at radius 1 is 1.53 bits per heavy atom. The van der Waals surface area contributed by atoms with Gasteiger partial charge < -0.3 is 20.7 Å². The van der Waals surface area contributed by atoms with E-state index in [1.165, 1.54) is 12.7 Å². The third-order valence-corrected chi connectivity index (χ3v) is 3.34. The second-order valence-corrected chi connectivity index (χ2v) is 4.94. The molecule has 0 unspecified atom stereocenters. The van der Waals surface area contributed by atoms with Crippen LogP contribution in [0.4, 0.5) is 5.82 Å². The molecule has 8 nitrogen and oxygen atoms in total. The molecule has 102 valence electrons. The van der Waals surface area contributed by atoms with Crippen molar-refractivity contribution in [2.24, 2.45) is 0 Å². The highest BCUT2D eigenvalue weighted by Gasteiger charge is 2.45. The lowest BCUT2D eigenvalue weighted by atomic mass is 10.0. The normalized spacial score (nSPS) is 31.1. The van der Waals surface area contributed by atoms with Crippen LogP contribution in [-0.4, -0.2) is 48.0 Å². The van der Waals surface area contributed by atoms with Crippen LogP contribution >= 0.6 is 0 Å². The van der Waals surface area contributed by atoms with Gasteiger partial charge in [0.15, 0.2) is 17.7 Å². The van der Waals surface area contributed by atoms with Crippen molar-refractivity contribution in [3.8, 4) is 0 Å². The number of hydrogen-bond donors (Lipinski definition) is 3. The fourth-order valence-electron chi connectivity index (χ4n) is 2.45. The van der Waals surface area contributed by atoms with E-state index in [-0.39, 0.29) is 12.4 Å². The second kappa shape index (κ2) is 4.12. The van der Waals surface area contributed by atoms with Crippen LogP contribution in [0.2, 0.25) is 0 Å². The van der Waals surface area contributed by atoms with E-state index in [0.29, 0.717) is 17.6 Å². The maximum atomic E-state index is 10.4. The van der Waals surface area contributed by atoms with Gasteiger partial charge in [-0.1, -0.05) is 0 Å². The molecule has 0 saturated carbocycles. The third-order valence-electron chi connectivity index (χ3n) is 3.34. The zero-order valence-electron chi connectivity index (χ0n) is 10.4. The first kappa shape index (κ1) is 12.3. The average Bonchev–Trinajstić information content (AvgIpc) is 2.90. The van der Waals surface area contributed by atoms with Crippen LogP contribution in [0.3, 0.4) is 0 Å². The Labute approximate surface area is 108 Å². The lowest BCUT2D eigenvalue weighted by Gasteiger charge is -2.24. The summed E-state index contributed by atoms with van der Waals surface area (Å²) in [6.07, 6.45) is 2.12. The number of aliphatic hydroxyl groups excluding tert-OH is 1. The smallest absolute Gasteiger partial charge is 0.167 e. The van der Waals surface area contributed by atoms with E-state index in [1.54, 1.807) is 11.5 Å². The minimum atomic E-state index is -1.11. The summed E-state index contributed by atoms with van der Waals surface area (Å²) in [7, 11) is 0.